The summed E-state index contributed by atoms with van der Waals surface area (Å²) in [6, 6.07) is 0.638. The second kappa shape index (κ2) is 9.04. The molecular formula is C15H29NS. The van der Waals surface area contributed by atoms with E-state index in [1.54, 1.807) is 0 Å². The van der Waals surface area contributed by atoms with Crippen LogP contribution in [-0.2, 0) is 0 Å². The van der Waals surface area contributed by atoms with Crippen LogP contribution < -0.4 is 5.32 Å². The van der Waals surface area contributed by atoms with Crippen LogP contribution >= 0.6 is 11.8 Å². The molecular weight excluding hydrogens is 226 g/mol. The molecule has 0 spiro atoms. The molecule has 0 aromatic heterocycles. The number of thioether (sulfide) groups is 1. The molecule has 2 heteroatoms. The molecule has 1 rings (SSSR count). The average Bonchev–Trinajstić information content (AvgIpc) is 2.33. The molecule has 0 radical (unpaired) electrons. The largest absolute Gasteiger partial charge is 0.313 e. The third-order valence-electron chi connectivity index (χ3n) is 3.36. The zero-order valence-electron chi connectivity index (χ0n) is 11.6. The van der Waals surface area contributed by atoms with E-state index in [1.807, 2.05) is 0 Å². The summed E-state index contributed by atoms with van der Waals surface area (Å²) in [5, 5.41) is 4.59. The van der Waals surface area contributed by atoms with Gasteiger partial charge >= 0.3 is 0 Å². The second-order valence-corrected chi connectivity index (χ2v) is 6.74. The van der Waals surface area contributed by atoms with Gasteiger partial charge in [0.1, 0.15) is 0 Å². The van der Waals surface area contributed by atoms with Crippen LogP contribution in [0.3, 0.4) is 0 Å². The summed E-state index contributed by atoms with van der Waals surface area (Å²) in [4.78, 5) is 0. The summed E-state index contributed by atoms with van der Waals surface area (Å²) in [7, 11) is 0. The molecule has 0 bridgehead atoms. The lowest BCUT2D eigenvalue weighted by Crippen LogP contribution is -2.33. The summed E-state index contributed by atoms with van der Waals surface area (Å²) >= 11 is 2.19. The summed E-state index contributed by atoms with van der Waals surface area (Å²) < 4.78 is 0. The van der Waals surface area contributed by atoms with Gasteiger partial charge in [0.25, 0.3) is 0 Å². The molecule has 0 amide bonds. The van der Waals surface area contributed by atoms with Crippen molar-refractivity contribution < 1.29 is 0 Å². The van der Waals surface area contributed by atoms with Crippen molar-refractivity contribution >= 4 is 11.8 Å². The van der Waals surface area contributed by atoms with Crippen molar-refractivity contribution in [1.29, 1.82) is 0 Å². The average molecular weight is 255 g/mol. The molecule has 1 aliphatic rings. The fourth-order valence-electron chi connectivity index (χ4n) is 2.44. The number of hydrogen-bond donors (Lipinski definition) is 1. The highest BCUT2D eigenvalue weighted by molar-refractivity contribution is 7.99. The van der Waals surface area contributed by atoms with Gasteiger partial charge < -0.3 is 5.32 Å². The Morgan fingerprint density at radius 1 is 1.35 bits per heavy atom. The topological polar surface area (TPSA) is 12.0 Å². The van der Waals surface area contributed by atoms with Crippen LogP contribution in [0.2, 0.25) is 0 Å². The van der Waals surface area contributed by atoms with Crippen molar-refractivity contribution in [1.82, 2.24) is 5.32 Å². The molecule has 0 aliphatic heterocycles. The van der Waals surface area contributed by atoms with Crippen LogP contribution in [0.25, 0.3) is 0 Å². The van der Waals surface area contributed by atoms with Gasteiger partial charge in [0.15, 0.2) is 0 Å². The van der Waals surface area contributed by atoms with Gasteiger partial charge in [-0.3, -0.25) is 0 Å². The van der Waals surface area contributed by atoms with Gasteiger partial charge in [-0.25, -0.2) is 0 Å². The minimum atomic E-state index is 0.638. The number of rotatable bonds is 8. The van der Waals surface area contributed by atoms with Gasteiger partial charge in [-0.15, -0.1) is 6.58 Å². The SMILES string of the molecule is C=C(C)CC(CSC1CCCCC1)NCCC. The normalized spacial score (nSPS) is 19.2. The van der Waals surface area contributed by atoms with E-state index in [2.05, 4.69) is 37.5 Å². The highest BCUT2D eigenvalue weighted by Crippen LogP contribution is 2.29. The van der Waals surface area contributed by atoms with Gasteiger partial charge in [-0.05, 0) is 39.2 Å². The maximum atomic E-state index is 4.05. The lowest BCUT2D eigenvalue weighted by atomic mass is 10.0. The van der Waals surface area contributed by atoms with E-state index in [1.165, 1.54) is 49.9 Å². The van der Waals surface area contributed by atoms with Crippen molar-refractivity contribution in [2.45, 2.75) is 70.1 Å². The van der Waals surface area contributed by atoms with E-state index in [9.17, 15) is 0 Å². The highest BCUT2D eigenvalue weighted by Gasteiger charge is 2.16. The fraction of sp³-hybridized carbons (Fsp3) is 0.867. The number of hydrogen-bond acceptors (Lipinski definition) is 2. The van der Waals surface area contributed by atoms with Gasteiger partial charge in [-0.1, -0.05) is 31.8 Å². The van der Waals surface area contributed by atoms with Crippen LogP contribution in [-0.4, -0.2) is 23.6 Å². The van der Waals surface area contributed by atoms with Crippen LogP contribution in [0, 0.1) is 0 Å². The minimum absolute atomic E-state index is 0.638. The van der Waals surface area contributed by atoms with Crippen LogP contribution in [0.5, 0.6) is 0 Å². The molecule has 0 aromatic carbocycles. The Morgan fingerprint density at radius 3 is 2.65 bits per heavy atom. The van der Waals surface area contributed by atoms with E-state index in [0.29, 0.717) is 6.04 Å². The first-order valence-electron chi connectivity index (χ1n) is 7.21. The zero-order valence-corrected chi connectivity index (χ0v) is 12.5. The van der Waals surface area contributed by atoms with Crippen LogP contribution in [0.1, 0.15) is 58.8 Å². The van der Waals surface area contributed by atoms with Crippen LogP contribution in [0.15, 0.2) is 12.2 Å². The highest BCUT2D eigenvalue weighted by atomic mass is 32.2. The Kier molecular flexibility index (Phi) is 8.04. The fourth-order valence-corrected chi connectivity index (χ4v) is 3.85. The van der Waals surface area contributed by atoms with E-state index in [-0.39, 0.29) is 0 Å². The third-order valence-corrected chi connectivity index (χ3v) is 4.90. The van der Waals surface area contributed by atoms with Gasteiger partial charge in [0.2, 0.25) is 0 Å². The summed E-state index contributed by atoms with van der Waals surface area (Å²) in [6.07, 6.45) is 9.60. The van der Waals surface area contributed by atoms with Crippen molar-refractivity contribution in [3.63, 3.8) is 0 Å². The molecule has 0 aromatic rings. The quantitative estimate of drug-likeness (QED) is 0.646. The molecule has 100 valence electrons. The van der Waals surface area contributed by atoms with Crippen LogP contribution in [0.4, 0.5) is 0 Å². The van der Waals surface area contributed by atoms with Crippen molar-refractivity contribution in [2.24, 2.45) is 0 Å². The molecule has 1 nitrogen and oxygen atoms in total. The summed E-state index contributed by atoms with van der Waals surface area (Å²) in [6.45, 7) is 9.57. The summed E-state index contributed by atoms with van der Waals surface area (Å²) in [5.74, 6) is 1.26. The van der Waals surface area contributed by atoms with E-state index < -0.39 is 0 Å². The van der Waals surface area contributed by atoms with Gasteiger partial charge in [0.05, 0.1) is 0 Å². The zero-order chi connectivity index (χ0) is 12.5. The first-order chi connectivity index (χ1) is 8.22. The second-order valence-electron chi connectivity index (χ2n) is 5.41. The van der Waals surface area contributed by atoms with Gasteiger partial charge in [0, 0.05) is 17.0 Å². The third kappa shape index (κ3) is 7.15. The Labute approximate surface area is 112 Å². The van der Waals surface area contributed by atoms with Crippen molar-refractivity contribution in [2.75, 3.05) is 12.3 Å². The van der Waals surface area contributed by atoms with Crippen molar-refractivity contribution in [3.05, 3.63) is 12.2 Å². The molecule has 0 heterocycles. The van der Waals surface area contributed by atoms with E-state index in [0.717, 1.165) is 18.2 Å². The first kappa shape index (κ1) is 15.1. The Morgan fingerprint density at radius 2 is 2.06 bits per heavy atom. The molecule has 1 atom stereocenters. The van der Waals surface area contributed by atoms with Crippen molar-refractivity contribution in [3.8, 4) is 0 Å². The monoisotopic (exact) mass is 255 g/mol. The lowest BCUT2D eigenvalue weighted by molar-refractivity contribution is 0.511. The smallest absolute Gasteiger partial charge is 0.0195 e. The Balaban J connectivity index is 2.23. The number of nitrogens with one attached hydrogen (secondary N) is 1. The predicted molar refractivity (Wildman–Crippen MR) is 80.8 cm³/mol. The molecule has 1 fully saturated rings. The predicted octanol–water partition coefficient (Wildman–Crippen LogP) is 4.39. The minimum Gasteiger partial charge on any atom is -0.313 e. The molecule has 1 saturated carbocycles. The van der Waals surface area contributed by atoms with Gasteiger partial charge in [-0.2, -0.15) is 11.8 Å². The Bertz CT molecular complexity index is 209. The standard InChI is InChI=1S/C15H29NS/c1-4-10-16-14(11-13(2)3)12-17-15-8-6-5-7-9-15/h14-16H,2,4-12H2,1,3H3. The maximum absolute atomic E-state index is 4.05. The molecule has 1 unspecified atom stereocenters. The van der Waals surface area contributed by atoms with E-state index in [4.69, 9.17) is 0 Å². The first-order valence-corrected chi connectivity index (χ1v) is 8.26. The molecule has 1 N–H and O–H groups in total. The summed E-state index contributed by atoms with van der Waals surface area (Å²) in [5.41, 5.74) is 1.31. The lowest BCUT2D eigenvalue weighted by Gasteiger charge is -2.24. The Hall–Kier alpha value is 0.0500. The van der Waals surface area contributed by atoms with E-state index >= 15 is 0 Å². The molecule has 17 heavy (non-hydrogen) atoms. The maximum Gasteiger partial charge on any atom is 0.0195 e. The molecule has 0 saturated heterocycles. The molecule has 1 aliphatic carbocycles.